The fourth-order valence-corrected chi connectivity index (χ4v) is 3.78. The Morgan fingerprint density at radius 1 is 1.23 bits per heavy atom. The maximum Gasteiger partial charge on any atom is 0.180 e. The van der Waals surface area contributed by atoms with Gasteiger partial charge in [-0.2, -0.15) is 0 Å². The van der Waals surface area contributed by atoms with Gasteiger partial charge in [0.25, 0.3) is 0 Å². The first-order valence-electron chi connectivity index (χ1n) is 8.01. The van der Waals surface area contributed by atoms with E-state index in [-0.39, 0.29) is 0 Å². The standard InChI is InChI=1S/C16H27N3O2S/c1-13(2)22(20,21)14-6-7-16(15(17)12-14)18-8-11-19-9-4-3-5-10-19/h6-7,12-13,18H,3-5,8-11,17H2,1-2H3. The number of benzene rings is 1. The number of nitrogen functional groups attached to an aromatic ring is 1. The van der Waals surface area contributed by atoms with Crippen molar-refractivity contribution >= 4 is 21.2 Å². The molecule has 124 valence electrons. The van der Waals surface area contributed by atoms with Crippen LogP contribution in [-0.2, 0) is 9.84 Å². The van der Waals surface area contributed by atoms with E-state index in [4.69, 9.17) is 5.73 Å². The molecule has 0 aliphatic carbocycles. The molecule has 3 N–H and O–H groups in total. The molecule has 0 radical (unpaired) electrons. The maximum absolute atomic E-state index is 12.1. The Kier molecular flexibility index (Phi) is 5.69. The molecule has 0 bridgehead atoms. The lowest BCUT2D eigenvalue weighted by atomic mass is 10.1. The van der Waals surface area contributed by atoms with E-state index in [0.29, 0.717) is 10.6 Å². The molecule has 2 rings (SSSR count). The Balaban J connectivity index is 1.95. The second-order valence-electron chi connectivity index (χ2n) is 6.17. The first kappa shape index (κ1) is 17.1. The van der Waals surface area contributed by atoms with Gasteiger partial charge < -0.3 is 16.0 Å². The van der Waals surface area contributed by atoms with E-state index in [2.05, 4.69) is 10.2 Å². The topological polar surface area (TPSA) is 75.4 Å². The van der Waals surface area contributed by atoms with Crippen molar-refractivity contribution in [3.8, 4) is 0 Å². The quantitative estimate of drug-likeness (QED) is 0.785. The van der Waals surface area contributed by atoms with Crippen LogP contribution in [0.25, 0.3) is 0 Å². The first-order chi connectivity index (χ1) is 10.4. The Bertz CT molecular complexity index is 593. The number of anilines is 2. The van der Waals surface area contributed by atoms with Gasteiger partial charge >= 0.3 is 0 Å². The van der Waals surface area contributed by atoms with Crippen molar-refractivity contribution < 1.29 is 8.42 Å². The molecule has 0 saturated carbocycles. The molecule has 0 aromatic heterocycles. The fraction of sp³-hybridized carbons (Fsp3) is 0.625. The summed E-state index contributed by atoms with van der Waals surface area (Å²) < 4.78 is 24.3. The van der Waals surface area contributed by atoms with Crippen molar-refractivity contribution in [2.75, 3.05) is 37.2 Å². The maximum atomic E-state index is 12.1. The highest BCUT2D eigenvalue weighted by Crippen LogP contribution is 2.24. The van der Waals surface area contributed by atoms with E-state index in [9.17, 15) is 8.42 Å². The van der Waals surface area contributed by atoms with Gasteiger partial charge in [-0.3, -0.25) is 0 Å². The molecular weight excluding hydrogens is 298 g/mol. The molecule has 1 aromatic rings. The van der Waals surface area contributed by atoms with Gasteiger partial charge in [-0.05, 0) is 58.0 Å². The van der Waals surface area contributed by atoms with Crippen LogP contribution in [0.4, 0.5) is 11.4 Å². The van der Waals surface area contributed by atoms with Crippen LogP contribution in [0.5, 0.6) is 0 Å². The highest BCUT2D eigenvalue weighted by molar-refractivity contribution is 7.92. The van der Waals surface area contributed by atoms with Crippen molar-refractivity contribution in [1.82, 2.24) is 4.90 Å². The number of rotatable bonds is 6. The highest BCUT2D eigenvalue weighted by atomic mass is 32.2. The summed E-state index contributed by atoms with van der Waals surface area (Å²) in [4.78, 5) is 2.74. The number of nitrogens with two attached hydrogens (primary N) is 1. The van der Waals surface area contributed by atoms with Crippen LogP contribution < -0.4 is 11.1 Å². The third-order valence-electron chi connectivity index (χ3n) is 4.16. The van der Waals surface area contributed by atoms with Crippen LogP contribution in [0.2, 0.25) is 0 Å². The second kappa shape index (κ2) is 7.33. The summed E-state index contributed by atoms with van der Waals surface area (Å²) in [6.45, 7) is 7.50. The Morgan fingerprint density at radius 3 is 2.50 bits per heavy atom. The summed E-state index contributed by atoms with van der Waals surface area (Å²) in [6, 6.07) is 4.95. The lowest BCUT2D eigenvalue weighted by Crippen LogP contribution is -2.33. The summed E-state index contributed by atoms with van der Waals surface area (Å²) in [5.41, 5.74) is 7.29. The molecule has 1 aliphatic rings. The van der Waals surface area contributed by atoms with Crippen molar-refractivity contribution in [2.45, 2.75) is 43.3 Å². The zero-order valence-corrected chi connectivity index (χ0v) is 14.3. The van der Waals surface area contributed by atoms with Gasteiger partial charge in [0.1, 0.15) is 0 Å². The molecule has 22 heavy (non-hydrogen) atoms. The number of sulfone groups is 1. The van der Waals surface area contributed by atoms with Crippen LogP contribution >= 0.6 is 0 Å². The van der Waals surface area contributed by atoms with Crippen LogP contribution in [0.1, 0.15) is 33.1 Å². The van der Waals surface area contributed by atoms with Crippen molar-refractivity contribution in [1.29, 1.82) is 0 Å². The van der Waals surface area contributed by atoms with Crippen molar-refractivity contribution in [2.24, 2.45) is 0 Å². The van der Waals surface area contributed by atoms with Gasteiger partial charge in [0, 0.05) is 13.1 Å². The monoisotopic (exact) mass is 325 g/mol. The molecule has 5 nitrogen and oxygen atoms in total. The molecular formula is C16H27N3O2S. The van der Waals surface area contributed by atoms with Gasteiger partial charge in [-0.25, -0.2) is 8.42 Å². The van der Waals surface area contributed by atoms with Gasteiger partial charge in [-0.1, -0.05) is 6.42 Å². The molecule has 1 aromatic carbocycles. The average Bonchev–Trinajstić information content (AvgIpc) is 2.49. The lowest BCUT2D eigenvalue weighted by molar-refractivity contribution is 0.237. The van der Waals surface area contributed by atoms with Gasteiger partial charge in [-0.15, -0.1) is 0 Å². The Hall–Kier alpha value is -1.27. The van der Waals surface area contributed by atoms with E-state index in [1.807, 2.05) is 0 Å². The first-order valence-corrected chi connectivity index (χ1v) is 9.55. The Labute approximate surface area is 133 Å². The minimum absolute atomic E-state index is 0.293. The minimum atomic E-state index is -3.27. The summed E-state index contributed by atoms with van der Waals surface area (Å²) >= 11 is 0. The molecule has 0 unspecified atom stereocenters. The van der Waals surface area contributed by atoms with E-state index in [1.165, 1.54) is 32.4 Å². The normalized spacial score (nSPS) is 16.9. The number of hydrogen-bond acceptors (Lipinski definition) is 5. The van der Waals surface area contributed by atoms with Crippen molar-refractivity contribution in [3.63, 3.8) is 0 Å². The molecule has 1 aliphatic heterocycles. The SMILES string of the molecule is CC(C)S(=O)(=O)c1ccc(NCCN2CCCCC2)c(N)c1. The van der Waals surface area contributed by atoms with Crippen LogP contribution in [0.3, 0.4) is 0 Å². The molecule has 0 atom stereocenters. The molecule has 1 heterocycles. The van der Waals surface area contributed by atoms with E-state index in [0.717, 1.165) is 18.8 Å². The third kappa shape index (κ3) is 4.14. The second-order valence-corrected chi connectivity index (χ2v) is 8.68. The fourth-order valence-electron chi connectivity index (χ4n) is 2.68. The highest BCUT2D eigenvalue weighted by Gasteiger charge is 2.19. The largest absolute Gasteiger partial charge is 0.397 e. The van der Waals surface area contributed by atoms with E-state index >= 15 is 0 Å². The van der Waals surface area contributed by atoms with Gasteiger partial charge in [0.2, 0.25) is 0 Å². The molecule has 6 heteroatoms. The number of nitrogens with one attached hydrogen (secondary N) is 1. The van der Waals surface area contributed by atoms with Gasteiger partial charge in [0.15, 0.2) is 9.84 Å². The smallest absolute Gasteiger partial charge is 0.180 e. The predicted molar refractivity (Wildman–Crippen MR) is 92.0 cm³/mol. The van der Waals surface area contributed by atoms with Crippen LogP contribution in [-0.4, -0.2) is 44.7 Å². The zero-order chi connectivity index (χ0) is 16.2. The lowest BCUT2D eigenvalue weighted by Gasteiger charge is -2.26. The summed E-state index contributed by atoms with van der Waals surface area (Å²) in [5, 5.41) is 2.87. The minimum Gasteiger partial charge on any atom is -0.397 e. The molecule has 1 saturated heterocycles. The number of piperidine rings is 1. The van der Waals surface area contributed by atoms with E-state index in [1.54, 1.807) is 32.0 Å². The summed E-state index contributed by atoms with van der Waals surface area (Å²) in [6.07, 6.45) is 3.90. The Morgan fingerprint density at radius 2 is 1.91 bits per heavy atom. The molecule has 0 amide bonds. The van der Waals surface area contributed by atoms with Gasteiger partial charge in [0.05, 0.1) is 21.5 Å². The summed E-state index contributed by atoms with van der Waals surface area (Å²) in [5.74, 6) is 0. The number of likely N-dealkylation sites (tertiary alicyclic amines) is 1. The zero-order valence-electron chi connectivity index (χ0n) is 13.5. The number of nitrogens with zero attached hydrogens (tertiary/aromatic N) is 1. The molecule has 0 spiro atoms. The third-order valence-corrected chi connectivity index (χ3v) is 6.32. The number of hydrogen-bond donors (Lipinski definition) is 2. The average molecular weight is 325 g/mol. The van der Waals surface area contributed by atoms with Crippen LogP contribution in [0.15, 0.2) is 23.1 Å². The predicted octanol–water partition coefficient (Wildman–Crippen LogP) is 2.35. The molecule has 1 fully saturated rings. The van der Waals surface area contributed by atoms with Crippen molar-refractivity contribution in [3.05, 3.63) is 18.2 Å². The van der Waals surface area contributed by atoms with E-state index < -0.39 is 15.1 Å². The summed E-state index contributed by atoms with van der Waals surface area (Å²) in [7, 11) is -3.27. The van der Waals surface area contributed by atoms with Crippen LogP contribution in [0, 0.1) is 0 Å².